The number of rotatable bonds is 7. The minimum atomic E-state index is -0.971. The Morgan fingerprint density at radius 1 is 1.30 bits per heavy atom. The summed E-state index contributed by atoms with van der Waals surface area (Å²) in [7, 11) is 0. The SMILES string of the molecule is O=C(CC1CNC1)NC(CCc1ccccc1)C(=O)O. The maximum atomic E-state index is 11.8. The van der Waals surface area contributed by atoms with Gasteiger partial charge >= 0.3 is 5.97 Å². The Kier molecular flexibility index (Phi) is 5.12. The number of carboxylic acids is 1. The van der Waals surface area contributed by atoms with Crippen molar-refractivity contribution in [3.8, 4) is 0 Å². The van der Waals surface area contributed by atoms with Crippen LogP contribution in [0.15, 0.2) is 30.3 Å². The molecule has 1 fully saturated rings. The lowest BCUT2D eigenvalue weighted by Gasteiger charge is -2.27. The summed E-state index contributed by atoms with van der Waals surface area (Å²) in [6, 6.07) is 8.88. The van der Waals surface area contributed by atoms with Crippen LogP contribution in [-0.2, 0) is 16.0 Å². The maximum absolute atomic E-state index is 11.8. The Balaban J connectivity index is 1.80. The van der Waals surface area contributed by atoms with Crippen LogP contribution in [0, 0.1) is 5.92 Å². The van der Waals surface area contributed by atoms with Gasteiger partial charge in [-0.3, -0.25) is 4.79 Å². The van der Waals surface area contributed by atoms with E-state index in [1.165, 1.54) is 0 Å². The molecule has 1 aliphatic heterocycles. The third-order valence-corrected chi connectivity index (χ3v) is 3.54. The summed E-state index contributed by atoms with van der Waals surface area (Å²) in [5.41, 5.74) is 1.08. The Morgan fingerprint density at radius 3 is 2.55 bits per heavy atom. The van der Waals surface area contributed by atoms with Crippen molar-refractivity contribution in [3.63, 3.8) is 0 Å². The van der Waals surface area contributed by atoms with Crippen molar-refractivity contribution in [1.29, 1.82) is 0 Å². The Labute approximate surface area is 118 Å². The van der Waals surface area contributed by atoms with E-state index in [4.69, 9.17) is 0 Å². The molecule has 0 bridgehead atoms. The van der Waals surface area contributed by atoms with Crippen LogP contribution in [0.3, 0.4) is 0 Å². The van der Waals surface area contributed by atoms with Gasteiger partial charge in [-0.25, -0.2) is 4.79 Å². The molecule has 1 aliphatic rings. The van der Waals surface area contributed by atoms with E-state index in [1.807, 2.05) is 30.3 Å². The lowest BCUT2D eigenvalue weighted by Crippen LogP contribution is -2.47. The summed E-state index contributed by atoms with van der Waals surface area (Å²) >= 11 is 0. The van der Waals surface area contributed by atoms with Gasteiger partial charge in [-0.05, 0) is 37.4 Å². The van der Waals surface area contributed by atoms with Crippen LogP contribution in [0.4, 0.5) is 0 Å². The number of hydrogen-bond donors (Lipinski definition) is 3. The van der Waals surface area contributed by atoms with Crippen LogP contribution in [0.5, 0.6) is 0 Å². The molecule has 1 aromatic rings. The molecule has 0 radical (unpaired) electrons. The number of hydrogen-bond acceptors (Lipinski definition) is 3. The fourth-order valence-corrected chi connectivity index (χ4v) is 2.22. The molecule has 1 unspecified atom stereocenters. The van der Waals surface area contributed by atoms with Gasteiger partial charge in [-0.2, -0.15) is 0 Å². The first-order valence-electron chi connectivity index (χ1n) is 6.92. The summed E-state index contributed by atoms with van der Waals surface area (Å²) in [5.74, 6) is -0.795. The molecule has 0 saturated carbocycles. The van der Waals surface area contributed by atoms with E-state index < -0.39 is 12.0 Å². The number of benzene rings is 1. The van der Waals surface area contributed by atoms with Crippen molar-refractivity contribution in [2.24, 2.45) is 5.92 Å². The number of carbonyl (C=O) groups is 2. The quantitative estimate of drug-likeness (QED) is 0.688. The van der Waals surface area contributed by atoms with Gasteiger partial charge in [-0.1, -0.05) is 30.3 Å². The molecule has 1 saturated heterocycles. The van der Waals surface area contributed by atoms with Crippen molar-refractivity contribution in [2.75, 3.05) is 13.1 Å². The molecular formula is C15H20N2O3. The highest BCUT2D eigenvalue weighted by atomic mass is 16.4. The molecule has 0 aromatic heterocycles. The van der Waals surface area contributed by atoms with Crippen LogP contribution in [-0.4, -0.2) is 36.1 Å². The van der Waals surface area contributed by atoms with Crippen LogP contribution >= 0.6 is 0 Å². The predicted octanol–water partition coefficient (Wildman–Crippen LogP) is 0.798. The van der Waals surface area contributed by atoms with E-state index in [-0.39, 0.29) is 5.91 Å². The summed E-state index contributed by atoms with van der Waals surface area (Å²) in [6.45, 7) is 1.68. The lowest BCUT2D eigenvalue weighted by molar-refractivity contribution is -0.142. The van der Waals surface area contributed by atoms with E-state index in [9.17, 15) is 14.7 Å². The zero-order valence-corrected chi connectivity index (χ0v) is 11.3. The molecule has 1 heterocycles. The first-order valence-corrected chi connectivity index (χ1v) is 6.92. The molecule has 2 rings (SSSR count). The fraction of sp³-hybridized carbons (Fsp3) is 0.467. The minimum Gasteiger partial charge on any atom is -0.480 e. The van der Waals surface area contributed by atoms with Gasteiger partial charge in [0.25, 0.3) is 0 Å². The maximum Gasteiger partial charge on any atom is 0.326 e. The zero-order valence-electron chi connectivity index (χ0n) is 11.3. The third-order valence-electron chi connectivity index (χ3n) is 3.54. The van der Waals surface area contributed by atoms with Crippen molar-refractivity contribution >= 4 is 11.9 Å². The second kappa shape index (κ2) is 7.05. The second-order valence-electron chi connectivity index (χ2n) is 5.21. The summed E-state index contributed by atoms with van der Waals surface area (Å²) < 4.78 is 0. The number of nitrogens with one attached hydrogen (secondary N) is 2. The van der Waals surface area contributed by atoms with Crippen LogP contribution in [0.2, 0.25) is 0 Å². The van der Waals surface area contributed by atoms with E-state index in [0.717, 1.165) is 18.7 Å². The largest absolute Gasteiger partial charge is 0.480 e. The van der Waals surface area contributed by atoms with Gasteiger partial charge in [0.05, 0.1) is 0 Å². The molecule has 5 nitrogen and oxygen atoms in total. The Hall–Kier alpha value is -1.88. The van der Waals surface area contributed by atoms with Gasteiger partial charge in [-0.15, -0.1) is 0 Å². The standard InChI is InChI=1S/C15H20N2O3/c18-14(8-12-9-16-10-12)17-13(15(19)20)7-6-11-4-2-1-3-5-11/h1-5,12-13,16H,6-10H2,(H,17,18)(H,19,20). The lowest BCUT2D eigenvalue weighted by atomic mass is 9.98. The number of carbonyl (C=O) groups excluding carboxylic acids is 1. The predicted molar refractivity (Wildman–Crippen MR) is 75.3 cm³/mol. The van der Waals surface area contributed by atoms with Crippen LogP contribution in [0.1, 0.15) is 18.4 Å². The molecule has 0 spiro atoms. The topological polar surface area (TPSA) is 78.4 Å². The highest BCUT2D eigenvalue weighted by Gasteiger charge is 2.24. The van der Waals surface area contributed by atoms with Crippen LogP contribution in [0.25, 0.3) is 0 Å². The number of aryl methyl sites for hydroxylation is 1. The highest BCUT2D eigenvalue weighted by molar-refractivity contribution is 5.83. The smallest absolute Gasteiger partial charge is 0.326 e. The van der Waals surface area contributed by atoms with E-state index >= 15 is 0 Å². The van der Waals surface area contributed by atoms with Gasteiger partial charge in [0.1, 0.15) is 6.04 Å². The molecule has 20 heavy (non-hydrogen) atoms. The number of carboxylic acid groups (broad SMARTS) is 1. The average molecular weight is 276 g/mol. The molecule has 108 valence electrons. The van der Waals surface area contributed by atoms with Crippen molar-refractivity contribution in [1.82, 2.24) is 10.6 Å². The second-order valence-corrected chi connectivity index (χ2v) is 5.21. The molecule has 1 aromatic carbocycles. The molecule has 3 N–H and O–H groups in total. The average Bonchev–Trinajstić information content (AvgIpc) is 2.39. The Morgan fingerprint density at radius 2 is 2.00 bits per heavy atom. The van der Waals surface area contributed by atoms with Crippen molar-refractivity contribution in [2.45, 2.75) is 25.3 Å². The van der Waals surface area contributed by atoms with Gasteiger partial charge in [0.2, 0.25) is 5.91 Å². The summed E-state index contributed by atoms with van der Waals surface area (Å²) in [5, 5.41) is 14.9. The summed E-state index contributed by atoms with van der Waals surface area (Å²) in [6.07, 6.45) is 1.46. The molecule has 0 aliphatic carbocycles. The number of amides is 1. The summed E-state index contributed by atoms with van der Waals surface area (Å²) in [4.78, 5) is 23.0. The van der Waals surface area contributed by atoms with Crippen LogP contribution < -0.4 is 10.6 Å². The highest BCUT2D eigenvalue weighted by Crippen LogP contribution is 2.09. The van der Waals surface area contributed by atoms with Crippen molar-refractivity contribution in [3.05, 3.63) is 35.9 Å². The third kappa shape index (κ3) is 4.35. The van der Waals surface area contributed by atoms with Crippen molar-refractivity contribution < 1.29 is 14.7 Å². The monoisotopic (exact) mass is 276 g/mol. The molecular weight excluding hydrogens is 256 g/mol. The molecule has 1 amide bonds. The molecule has 5 heteroatoms. The Bertz CT molecular complexity index is 457. The van der Waals surface area contributed by atoms with E-state index in [0.29, 0.717) is 25.2 Å². The zero-order chi connectivity index (χ0) is 14.4. The minimum absolute atomic E-state index is 0.169. The van der Waals surface area contributed by atoms with E-state index in [2.05, 4.69) is 10.6 Å². The first-order chi connectivity index (χ1) is 9.65. The molecule has 1 atom stereocenters. The fourth-order valence-electron chi connectivity index (χ4n) is 2.22. The van der Waals surface area contributed by atoms with Gasteiger partial charge in [0, 0.05) is 6.42 Å². The normalized spacial score (nSPS) is 16.2. The van der Waals surface area contributed by atoms with E-state index in [1.54, 1.807) is 0 Å². The first kappa shape index (κ1) is 14.5. The van der Waals surface area contributed by atoms with Gasteiger partial charge in [0.15, 0.2) is 0 Å². The number of aliphatic carboxylic acids is 1. The van der Waals surface area contributed by atoms with Gasteiger partial charge < -0.3 is 15.7 Å².